The first-order chi connectivity index (χ1) is 13.3. The number of para-hydroxylation sites is 1. The molecule has 3 aromatic rings. The van der Waals surface area contributed by atoms with Crippen LogP contribution in [-0.4, -0.2) is 28.4 Å². The van der Waals surface area contributed by atoms with E-state index in [1.807, 2.05) is 36.5 Å². The van der Waals surface area contributed by atoms with Gasteiger partial charge < -0.3 is 0 Å². The van der Waals surface area contributed by atoms with Gasteiger partial charge in [0.05, 0.1) is 27.1 Å². The van der Waals surface area contributed by atoms with E-state index in [-0.39, 0.29) is 0 Å². The van der Waals surface area contributed by atoms with Gasteiger partial charge in [0.1, 0.15) is 0 Å². The van der Waals surface area contributed by atoms with Gasteiger partial charge in [-0.25, -0.2) is 0 Å². The van der Waals surface area contributed by atoms with Crippen molar-refractivity contribution in [2.75, 3.05) is 12.1 Å². The molecule has 28 heavy (non-hydrogen) atoms. The van der Waals surface area contributed by atoms with Gasteiger partial charge in [-0.05, 0) is 17.7 Å². The van der Waals surface area contributed by atoms with Crippen molar-refractivity contribution in [3.8, 4) is 0 Å². The number of nitrogens with zero attached hydrogens (tertiary/aromatic N) is 2. The first-order valence-electron chi connectivity index (χ1n) is 9.81. The molecule has 0 N–H and O–H groups in total. The first kappa shape index (κ1) is 20.3. The molecule has 0 fully saturated rings. The molecule has 0 amide bonds. The number of hydrazone groups is 1. The number of anilines is 1. The molecule has 0 heterocycles. The number of hydrogen-bond donors (Lipinski definition) is 0. The summed E-state index contributed by atoms with van der Waals surface area (Å²) in [7, 11) is -1.16. The van der Waals surface area contributed by atoms with Crippen LogP contribution >= 0.6 is 0 Å². The van der Waals surface area contributed by atoms with E-state index in [9.17, 15) is 0 Å². The molecule has 0 saturated carbocycles. The van der Waals surface area contributed by atoms with Crippen LogP contribution in [0.2, 0.25) is 26.2 Å². The van der Waals surface area contributed by atoms with Gasteiger partial charge in [0.2, 0.25) is 0 Å². The molecule has 3 rings (SSSR count). The van der Waals surface area contributed by atoms with E-state index < -0.39 is 15.2 Å². The monoisotopic (exact) mass is 402 g/mol. The molecule has 0 aliphatic carbocycles. The van der Waals surface area contributed by atoms with Gasteiger partial charge in [0.15, 0.2) is 0 Å². The van der Waals surface area contributed by atoms with Gasteiger partial charge in [0, 0.05) is 7.05 Å². The molecule has 0 saturated heterocycles. The van der Waals surface area contributed by atoms with Crippen LogP contribution in [0, 0.1) is 0 Å². The molecular formula is C24H30N2Si2. The van der Waals surface area contributed by atoms with Gasteiger partial charge >= 0.3 is 0 Å². The standard InChI is InChI=1S/C24H30N2Si2/c1-26(22-12-8-6-9-13-22)25-20-21-16-18-24(19-17-21)28(4,5)27(2,3)23-14-10-7-11-15-23/h6-20H,1-5H3/b25-20-. The van der Waals surface area contributed by atoms with Crippen molar-refractivity contribution < 1.29 is 0 Å². The summed E-state index contributed by atoms with van der Waals surface area (Å²) in [5.41, 5.74) is 2.22. The van der Waals surface area contributed by atoms with E-state index >= 15 is 0 Å². The molecule has 4 heteroatoms. The lowest BCUT2D eigenvalue weighted by molar-refractivity contribution is 1.02. The molecule has 0 radical (unpaired) electrons. The Morgan fingerprint density at radius 2 is 1.11 bits per heavy atom. The third-order valence-electron chi connectivity index (χ3n) is 6.20. The molecule has 0 aromatic heterocycles. The first-order valence-corrected chi connectivity index (χ1v) is 16.8. The third-order valence-corrected chi connectivity index (χ3v) is 24.0. The fourth-order valence-electron chi connectivity index (χ4n) is 3.43. The zero-order valence-corrected chi connectivity index (χ0v) is 19.6. The van der Waals surface area contributed by atoms with Crippen LogP contribution in [0.4, 0.5) is 5.69 Å². The van der Waals surface area contributed by atoms with Gasteiger partial charge in [-0.2, -0.15) is 5.10 Å². The second-order valence-corrected chi connectivity index (χ2v) is 23.5. The van der Waals surface area contributed by atoms with Crippen LogP contribution in [0.5, 0.6) is 0 Å². The minimum Gasteiger partial charge on any atom is -0.269 e. The Bertz CT molecular complexity index is 918. The molecule has 144 valence electrons. The second-order valence-electron chi connectivity index (χ2n) is 8.34. The van der Waals surface area contributed by atoms with E-state index in [1.165, 1.54) is 5.19 Å². The Kier molecular flexibility index (Phi) is 6.01. The maximum Gasteiger partial charge on any atom is 0.0791 e. The van der Waals surface area contributed by atoms with Gasteiger partial charge in [-0.1, -0.05) is 109 Å². The van der Waals surface area contributed by atoms with Crippen LogP contribution in [0.1, 0.15) is 5.56 Å². The maximum absolute atomic E-state index is 4.58. The highest BCUT2D eigenvalue weighted by Gasteiger charge is 2.43. The lowest BCUT2D eigenvalue weighted by Crippen LogP contribution is -2.69. The van der Waals surface area contributed by atoms with E-state index in [4.69, 9.17) is 0 Å². The van der Waals surface area contributed by atoms with Crippen molar-refractivity contribution in [1.29, 1.82) is 0 Å². The average Bonchev–Trinajstić information content (AvgIpc) is 2.73. The summed E-state index contributed by atoms with van der Waals surface area (Å²) in [6.45, 7) is 10.1. The van der Waals surface area contributed by atoms with E-state index in [0.29, 0.717) is 0 Å². The Hall–Kier alpha value is -2.44. The van der Waals surface area contributed by atoms with Gasteiger partial charge in [-0.3, -0.25) is 5.01 Å². The Morgan fingerprint density at radius 3 is 1.64 bits per heavy atom. The zero-order chi connectivity index (χ0) is 20.2. The summed E-state index contributed by atoms with van der Waals surface area (Å²) in [5, 5.41) is 9.57. The van der Waals surface area contributed by atoms with E-state index in [2.05, 4.69) is 98.0 Å². The smallest absolute Gasteiger partial charge is 0.0791 e. The predicted octanol–water partition coefficient (Wildman–Crippen LogP) is 4.77. The highest BCUT2D eigenvalue weighted by Crippen LogP contribution is 2.20. The molecule has 2 nitrogen and oxygen atoms in total. The maximum atomic E-state index is 4.58. The Labute approximate surface area is 171 Å². The fourth-order valence-corrected chi connectivity index (χ4v) is 12.2. The molecule has 0 atom stereocenters. The van der Waals surface area contributed by atoms with Gasteiger partial charge in [-0.15, -0.1) is 0 Å². The summed E-state index contributed by atoms with van der Waals surface area (Å²) in [6.07, 6.45) is 1.94. The SMILES string of the molecule is CN(/N=C\c1ccc([Si](C)(C)[Si](C)(C)c2ccccc2)cc1)c1ccccc1. The quantitative estimate of drug-likeness (QED) is 0.329. The highest BCUT2D eigenvalue weighted by molar-refractivity contribution is 7.49. The van der Waals surface area contributed by atoms with Crippen molar-refractivity contribution in [2.45, 2.75) is 26.2 Å². The van der Waals surface area contributed by atoms with Gasteiger partial charge in [0.25, 0.3) is 0 Å². The van der Waals surface area contributed by atoms with E-state index in [1.54, 1.807) is 5.19 Å². The molecule has 0 spiro atoms. The zero-order valence-electron chi connectivity index (χ0n) is 17.6. The lowest BCUT2D eigenvalue weighted by Gasteiger charge is -2.39. The minimum absolute atomic E-state index is 1.08. The van der Waals surface area contributed by atoms with Crippen LogP contribution in [0.3, 0.4) is 0 Å². The minimum atomic E-state index is -1.58. The van der Waals surface area contributed by atoms with Crippen LogP contribution in [-0.2, 0) is 0 Å². The summed E-state index contributed by atoms with van der Waals surface area (Å²) in [5.74, 6) is 0. The summed E-state index contributed by atoms with van der Waals surface area (Å²) in [6, 6.07) is 30.4. The molecular weight excluding hydrogens is 372 g/mol. The van der Waals surface area contributed by atoms with Crippen molar-refractivity contribution in [3.05, 3.63) is 90.5 Å². The van der Waals surface area contributed by atoms with Crippen molar-refractivity contribution >= 4 is 37.5 Å². The summed E-state index contributed by atoms with van der Waals surface area (Å²) in [4.78, 5) is 0. The van der Waals surface area contributed by atoms with Crippen LogP contribution in [0.15, 0.2) is 90.0 Å². The summed E-state index contributed by atoms with van der Waals surface area (Å²) < 4.78 is 0. The lowest BCUT2D eigenvalue weighted by atomic mass is 10.2. The molecule has 0 aliphatic rings. The number of benzene rings is 3. The molecule has 0 unspecified atom stereocenters. The third kappa shape index (κ3) is 4.18. The van der Waals surface area contributed by atoms with Crippen LogP contribution < -0.4 is 15.4 Å². The normalized spacial score (nSPS) is 12.3. The Balaban J connectivity index is 1.79. The van der Waals surface area contributed by atoms with E-state index in [0.717, 1.165) is 11.3 Å². The molecule has 0 bridgehead atoms. The summed E-state index contributed by atoms with van der Waals surface area (Å²) >= 11 is 0. The number of hydrogen-bond acceptors (Lipinski definition) is 2. The fraction of sp³-hybridized carbons (Fsp3) is 0.208. The average molecular weight is 403 g/mol. The van der Waals surface area contributed by atoms with Crippen LogP contribution in [0.25, 0.3) is 0 Å². The Morgan fingerprint density at radius 1 is 0.643 bits per heavy atom. The molecule has 0 aliphatic heterocycles. The van der Waals surface area contributed by atoms with Crippen molar-refractivity contribution in [2.24, 2.45) is 5.10 Å². The number of rotatable bonds is 6. The van der Waals surface area contributed by atoms with Crippen molar-refractivity contribution in [1.82, 2.24) is 0 Å². The topological polar surface area (TPSA) is 15.6 Å². The molecule has 3 aromatic carbocycles. The largest absolute Gasteiger partial charge is 0.269 e. The van der Waals surface area contributed by atoms with Crippen molar-refractivity contribution in [3.63, 3.8) is 0 Å². The second kappa shape index (κ2) is 8.29. The predicted molar refractivity (Wildman–Crippen MR) is 130 cm³/mol. The highest BCUT2D eigenvalue weighted by atomic mass is 29.3.